The molecular formula is C15H19ClN2O3. The molecule has 6 heteroatoms. The highest BCUT2D eigenvalue weighted by atomic mass is 35.5. The van der Waals surface area contributed by atoms with Crippen LogP contribution in [0.5, 0.6) is 5.75 Å². The number of benzene rings is 1. The van der Waals surface area contributed by atoms with E-state index in [4.69, 9.17) is 25.8 Å². The second kappa shape index (κ2) is 5.83. The Hall–Kier alpha value is -1.30. The number of halogens is 1. The molecule has 1 aromatic carbocycles. The van der Waals surface area contributed by atoms with Crippen molar-refractivity contribution in [2.24, 2.45) is 0 Å². The zero-order valence-corrected chi connectivity index (χ0v) is 13.0. The monoisotopic (exact) mass is 310 g/mol. The molecule has 2 heterocycles. The van der Waals surface area contributed by atoms with Gasteiger partial charge in [-0.1, -0.05) is 0 Å². The molecule has 1 aromatic heterocycles. The average Bonchev–Trinajstić information content (AvgIpc) is 3.12. The van der Waals surface area contributed by atoms with Gasteiger partial charge in [0.25, 0.3) is 0 Å². The van der Waals surface area contributed by atoms with E-state index in [9.17, 15) is 0 Å². The molecule has 1 atom stereocenters. The van der Waals surface area contributed by atoms with Gasteiger partial charge in [0.15, 0.2) is 0 Å². The van der Waals surface area contributed by atoms with Crippen molar-refractivity contribution < 1.29 is 14.2 Å². The second-order valence-corrected chi connectivity index (χ2v) is 5.56. The lowest BCUT2D eigenvalue weighted by Gasteiger charge is -2.27. The van der Waals surface area contributed by atoms with Crippen LogP contribution >= 0.6 is 11.6 Å². The summed E-state index contributed by atoms with van der Waals surface area (Å²) in [5, 5.41) is 0. The third-order valence-electron chi connectivity index (χ3n) is 4.10. The van der Waals surface area contributed by atoms with E-state index in [2.05, 4.69) is 9.55 Å². The van der Waals surface area contributed by atoms with Gasteiger partial charge in [0, 0.05) is 26.2 Å². The van der Waals surface area contributed by atoms with E-state index in [1.165, 1.54) is 0 Å². The fourth-order valence-electron chi connectivity index (χ4n) is 2.79. The van der Waals surface area contributed by atoms with Gasteiger partial charge in [-0.3, -0.25) is 0 Å². The molecular weight excluding hydrogens is 292 g/mol. The third-order valence-corrected chi connectivity index (χ3v) is 4.34. The predicted molar refractivity (Wildman–Crippen MR) is 81.0 cm³/mol. The fraction of sp³-hybridized carbons (Fsp3) is 0.533. The molecule has 0 aliphatic carbocycles. The zero-order valence-electron chi connectivity index (χ0n) is 12.3. The highest BCUT2D eigenvalue weighted by molar-refractivity contribution is 6.16. The first-order chi connectivity index (χ1) is 10.2. The van der Waals surface area contributed by atoms with Gasteiger partial charge in [0.05, 0.1) is 37.2 Å². The summed E-state index contributed by atoms with van der Waals surface area (Å²) in [6.45, 7) is 2.01. The minimum Gasteiger partial charge on any atom is -0.497 e. The van der Waals surface area contributed by atoms with Crippen LogP contribution < -0.4 is 4.74 Å². The Bertz CT molecular complexity index is 635. The van der Waals surface area contributed by atoms with Gasteiger partial charge in [-0.2, -0.15) is 0 Å². The Morgan fingerprint density at radius 2 is 2.29 bits per heavy atom. The second-order valence-electron chi connectivity index (χ2n) is 5.29. The van der Waals surface area contributed by atoms with Gasteiger partial charge in [-0.25, -0.2) is 4.98 Å². The van der Waals surface area contributed by atoms with Crippen LogP contribution in [-0.2, 0) is 21.9 Å². The SMILES string of the molecule is COc1ccc2c(c1)nc(CCl)n2CC1(OC)CCOC1. The Kier molecular flexibility index (Phi) is 4.06. The van der Waals surface area contributed by atoms with E-state index in [0.717, 1.165) is 35.6 Å². The zero-order chi connectivity index (χ0) is 14.9. The smallest absolute Gasteiger partial charge is 0.124 e. The molecule has 0 N–H and O–H groups in total. The maximum Gasteiger partial charge on any atom is 0.124 e. The highest BCUT2D eigenvalue weighted by Crippen LogP contribution is 2.29. The molecule has 0 spiro atoms. The number of rotatable bonds is 5. The van der Waals surface area contributed by atoms with Crippen LogP contribution in [0.2, 0.25) is 0 Å². The van der Waals surface area contributed by atoms with Crippen molar-refractivity contribution in [1.29, 1.82) is 0 Å². The lowest BCUT2D eigenvalue weighted by Crippen LogP contribution is -2.37. The van der Waals surface area contributed by atoms with Gasteiger partial charge in [0.1, 0.15) is 17.2 Å². The molecule has 0 bridgehead atoms. The third kappa shape index (κ3) is 2.61. The van der Waals surface area contributed by atoms with Crippen LogP contribution in [0.15, 0.2) is 18.2 Å². The van der Waals surface area contributed by atoms with Crippen molar-refractivity contribution in [2.45, 2.75) is 24.4 Å². The van der Waals surface area contributed by atoms with Gasteiger partial charge in [-0.05, 0) is 12.1 Å². The molecule has 1 aliphatic rings. The summed E-state index contributed by atoms with van der Waals surface area (Å²) in [6, 6.07) is 5.87. The van der Waals surface area contributed by atoms with Crippen LogP contribution in [0.3, 0.4) is 0 Å². The molecule has 21 heavy (non-hydrogen) atoms. The van der Waals surface area contributed by atoms with E-state index in [0.29, 0.717) is 19.0 Å². The summed E-state index contributed by atoms with van der Waals surface area (Å²) < 4.78 is 18.6. The number of nitrogens with zero attached hydrogens (tertiary/aromatic N) is 2. The lowest BCUT2D eigenvalue weighted by molar-refractivity contribution is -0.0291. The maximum absolute atomic E-state index is 6.06. The van der Waals surface area contributed by atoms with Crippen molar-refractivity contribution in [2.75, 3.05) is 27.4 Å². The van der Waals surface area contributed by atoms with Crippen molar-refractivity contribution in [3.05, 3.63) is 24.0 Å². The average molecular weight is 311 g/mol. The molecule has 3 rings (SSSR count). The Morgan fingerprint density at radius 1 is 1.43 bits per heavy atom. The van der Waals surface area contributed by atoms with E-state index >= 15 is 0 Å². The van der Waals surface area contributed by atoms with E-state index < -0.39 is 0 Å². The number of hydrogen-bond acceptors (Lipinski definition) is 4. The first kappa shape index (κ1) is 14.6. The Morgan fingerprint density at radius 3 is 2.90 bits per heavy atom. The quantitative estimate of drug-likeness (QED) is 0.796. The molecule has 114 valence electrons. The summed E-state index contributed by atoms with van der Waals surface area (Å²) in [7, 11) is 3.38. The van der Waals surface area contributed by atoms with E-state index in [-0.39, 0.29) is 5.60 Å². The number of imidazole rings is 1. The van der Waals surface area contributed by atoms with Crippen LogP contribution in [0.1, 0.15) is 12.2 Å². The summed E-state index contributed by atoms with van der Waals surface area (Å²) in [4.78, 5) is 4.60. The fourth-order valence-corrected chi connectivity index (χ4v) is 3.00. The van der Waals surface area contributed by atoms with Crippen LogP contribution in [-0.4, -0.2) is 42.6 Å². The molecule has 0 amide bonds. The maximum atomic E-state index is 6.06. The molecule has 0 radical (unpaired) electrons. The number of hydrogen-bond donors (Lipinski definition) is 0. The van der Waals surface area contributed by atoms with Crippen LogP contribution in [0, 0.1) is 0 Å². The number of aromatic nitrogens is 2. The van der Waals surface area contributed by atoms with E-state index in [1.54, 1.807) is 14.2 Å². The highest BCUT2D eigenvalue weighted by Gasteiger charge is 2.36. The number of ether oxygens (including phenoxy) is 3. The summed E-state index contributed by atoms with van der Waals surface area (Å²) >= 11 is 6.06. The topological polar surface area (TPSA) is 45.5 Å². The minimum atomic E-state index is -0.297. The Balaban J connectivity index is 2.03. The molecule has 2 aromatic rings. The predicted octanol–water partition coefficient (Wildman–Crippen LogP) is 2.59. The van der Waals surface area contributed by atoms with Gasteiger partial charge in [0.2, 0.25) is 0 Å². The Labute approximate surface area is 128 Å². The number of methoxy groups -OCH3 is 2. The van der Waals surface area contributed by atoms with E-state index in [1.807, 2.05) is 18.2 Å². The van der Waals surface area contributed by atoms with Crippen LogP contribution in [0.25, 0.3) is 11.0 Å². The first-order valence-electron chi connectivity index (χ1n) is 6.93. The standard InChI is InChI=1S/C15H19ClN2O3/c1-19-11-3-4-13-12(7-11)17-14(8-16)18(13)9-15(20-2)5-6-21-10-15/h3-4,7H,5-6,8-10H2,1-2H3. The number of alkyl halides is 1. The summed E-state index contributed by atoms with van der Waals surface area (Å²) in [6.07, 6.45) is 0.876. The van der Waals surface area contributed by atoms with Gasteiger partial charge in [-0.15, -0.1) is 11.6 Å². The molecule has 1 fully saturated rings. The minimum absolute atomic E-state index is 0.297. The van der Waals surface area contributed by atoms with Crippen molar-refractivity contribution in [3.63, 3.8) is 0 Å². The lowest BCUT2D eigenvalue weighted by atomic mass is 10.0. The summed E-state index contributed by atoms with van der Waals surface area (Å²) in [5.41, 5.74) is 1.62. The van der Waals surface area contributed by atoms with Crippen molar-refractivity contribution in [1.82, 2.24) is 9.55 Å². The van der Waals surface area contributed by atoms with Crippen LogP contribution in [0.4, 0.5) is 0 Å². The largest absolute Gasteiger partial charge is 0.497 e. The molecule has 0 saturated carbocycles. The van der Waals surface area contributed by atoms with Crippen molar-refractivity contribution in [3.8, 4) is 5.75 Å². The molecule has 1 aliphatic heterocycles. The normalized spacial score (nSPS) is 22.0. The number of fused-ring (bicyclic) bond motifs is 1. The summed E-state index contributed by atoms with van der Waals surface area (Å²) in [5.74, 6) is 1.99. The molecule has 1 unspecified atom stereocenters. The molecule has 5 nitrogen and oxygen atoms in total. The van der Waals surface area contributed by atoms with Gasteiger partial charge >= 0.3 is 0 Å². The molecule has 1 saturated heterocycles. The first-order valence-corrected chi connectivity index (χ1v) is 7.47. The van der Waals surface area contributed by atoms with Crippen molar-refractivity contribution >= 4 is 22.6 Å². The van der Waals surface area contributed by atoms with Gasteiger partial charge < -0.3 is 18.8 Å².